The minimum atomic E-state index is -0.297. The Bertz CT molecular complexity index is 364. The van der Waals surface area contributed by atoms with Gasteiger partial charge in [0.25, 0.3) is 0 Å². The molecule has 0 spiro atoms. The Kier molecular flexibility index (Phi) is 4.34. The fraction of sp³-hybridized carbons (Fsp3) is 0.538. The molecule has 1 heterocycles. The van der Waals surface area contributed by atoms with Gasteiger partial charge in [-0.2, -0.15) is 0 Å². The van der Waals surface area contributed by atoms with Crippen LogP contribution in [0.2, 0.25) is 0 Å². The van der Waals surface area contributed by atoms with Crippen molar-refractivity contribution in [3.63, 3.8) is 0 Å². The summed E-state index contributed by atoms with van der Waals surface area (Å²) < 4.78 is 18.3. The first-order valence-corrected chi connectivity index (χ1v) is 6.03. The quantitative estimate of drug-likeness (QED) is 0.816. The van der Waals surface area contributed by atoms with Crippen molar-refractivity contribution in [2.24, 2.45) is 5.92 Å². The Labute approximate surface area is 101 Å². The maximum atomic E-state index is 13.4. The molecule has 1 saturated heterocycles. The third kappa shape index (κ3) is 3.41. The van der Waals surface area contributed by atoms with E-state index in [2.05, 4.69) is 10.6 Å². The first-order valence-electron chi connectivity index (χ1n) is 6.03. The van der Waals surface area contributed by atoms with Gasteiger partial charge < -0.3 is 15.4 Å². The van der Waals surface area contributed by atoms with Crippen LogP contribution in [-0.4, -0.2) is 26.7 Å². The van der Waals surface area contributed by atoms with E-state index in [9.17, 15) is 4.39 Å². The predicted octanol–water partition coefficient (Wildman–Crippen LogP) is 1.53. The van der Waals surface area contributed by atoms with E-state index in [1.54, 1.807) is 6.07 Å². The Morgan fingerprint density at radius 2 is 2.41 bits per heavy atom. The summed E-state index contributed by atoms with van der Waals surface area (Å²) in [6.07, 6.45) is 1.23. The van der Waals surface area contributed by atoms with Crippen LogP contribution in [0.3, 0.4) is 0 Å². The molecule has 1 fully saturated rings. The lowest BCUT2D eigenvalue weighted by atomic mass is 10.1. The highest BCUT2D eigenvalue weighted by atomic mass is 19.1. The molecule has 1 aromatic rings. The Morgan fingerprint density at radius 1 is 1.53 bits per heavy atom. The van der Waals surface area contributed by atoms with Crippen molar-refractivity contribution >= 4 is 0 Å². The molecule has 1 aromatic carbocycles. The van der Waals surface area contributed by atoms with Crippen LogP contribution in [0.5, 0.6) is 5.75 Å². The average molecular weight is 238 g/mol. The zero-order chi connectivity index (χ0) is 12.1. The first kappa shape index (κ1) is 12.3. The van der Waals surface area contributed by atoms with Gasteiger partial charge >= 0.3 is 0 Å². The highest BCUT2D eigenvalue weighted by Gasteiger charge is 2.13. The van der Waals surface area contributed by atoms with Gasteiger partial charge in [0, 0.05) is 6.54 Å². The van der Waals surface area contributed by atoms with Crippen molar-refractivity contribution in [1.29, 1.82) is 0 Å². The standard InChI is InChI=1S/C13H19FN2O/c1-17-13-3-2-10(6-12(13)14)7-16-9-11-4-5-15-8-11/h2-3,6,11,15-16H,4-5,7-9H2,1H3. The minimum Gasteiger partial charge on any atom is -0.494 e. The number of halogens is 1. The van der Waals surface area contributed by atoms with E-state index in [0.29, 0.717) is 18.2 Å². The molecule has 0 bridgehead atoms. The van der Waals surface area contributed by atoms with Crippen LogP contribution in [0.4, 0.5) is 4.39 Å². The van der Waals surface area contributed by atoms with Crippen LogP contribution < -0.4 is 15.4 Å². The number of methoxy groups -OCH3 is 1. The van der Waals surface area contributed by atoms with Gasteiger partial charge in [-0.3, -0.25) is 0 Å². The van der Waals surface area contributed by atoms with Gasteiger partial charge in [-0.05, 0) is 49.7 Å². The summed E-state index contributed by atoms with van der Waals surface area (Å²) in [6.45, 7) is 3.89. The van der Waals surface area contributed by atoms with Gasteiger partial charge in [0.15, 0.2) is 11.6 Å². The van der Waals surface area contributed by atoms with Crippen molar-refractivity contribution in [3.05, 3.63) is 29.6 Å². The molecule has 0 radical (unpaired) electrons. The van der Waals surface area contributed by atoms with Crippen LogP contribution in [0.15, 0.2) is 18.2 Å². The molecule has 3 nitrogen and oxygen atoms in total. The lowest BCUT2D eigenvalue weighted by Crippen LogP contribution is -2.24. The predicted molar refractivity (Wildman–Crippen MR) is 65.6 cm³/mol. The van der Waals surface area contributed by atoms with Gasteiger partial charge in [0.2, 0.25) is 0 Å². The fourth-order valence-corrected chi connectivity index (χ4v) is 2.13. The molecule has 1 unspecified atom stereocenters. The Morgan fingerprint density at radius 3 is 3.06 bits per heavy atom. The molecule has 17 heavy (non-hydrogen) atoms. The zero-order valence-corrected chi connectivity index (χ0v) is 10.1. The molecule has 0 amide bonds. The van der Waals surface area contributed by atoms with E-state index in [1.165, 1.54) is 19.6 Å². The Hall–Kier alpha value is -1.13. The normalized spacial score (nSPS) is 19.5. The summed E-state index contributed by atoms with van der Waals surface area (Å²) in [6, 6.07) is 5.09. The molecule has 2 N–H and O–H groups in total. The molecule has 94 valence electrons. The van der Waals surface area contributed by atoms with Crippen molar-refractivity contribution in [3.8, 4) is 5.75 Å². The van der Waals surface area contributed by atoms with Gasteiger partial charge in [0.05, 0.1) is 7.11 Å². The van der Waals surface area contributed by atoms with Crippen molar-refractivity contribution in [2.45, 2.75) is 13.0 Å². The smallest absolute Gasteiger partial charge is 0.165 e. The topological polar surface area (TPSA) is 33.3 Å². The lowest BCUT2D eigenvalue weighted by molar-refractivity contribution is 0.386. The number of benzene rings is 1. The number of nitrogens with one attached hydrogen (secondary N) is 2. The van der Waals surface area contributed by atoms with Gasteiger partial charge in [-0.25, -0.2) is 4.39 Å². The third-order valence-corrected chi connectivity index (χ3v) is 3.14. The molecule has 4 heteroatoms. The molecule has 1 atom stereocenters. The highest BCUT2D eigenvalue weighted by molar-refractivity contribution is 5.29. The largest absolute Gasteiger partial charge is 0.494 e. The summed E-state index contributed by atoms with van der Waals surface area (Å²) in [5.74, 6) is 0.709. The van der Waals surface area contributed by atoms with E-state index in [1.807, 2.05) is 6.07 Å². The van der Waals surface area contributed by atoms with Crippen LogP contribution in [0.1, 0.15) is 12.0 Å². The molecule has 0 saturated carbocycles. The molecular weight excluding hydrogens is 219 g/mol. The van der Waals surface area contributed by atoms with Crippen molar-refractivity contribution in [2.75, 3.05) is 26.7 Å². The Balaban J connectivity index is 1.80. The van der Waals surface area contributed by atoms with Crippen LogP contribution in [0.25, 0.3) is 0 Å². The van der Waals surface area contributed by atoms with Crippen molar-refractivity contribution < 1.29 is 9.13 Å². The maximum absolute atomic E-state index is 13.4. The number of ether oxygens (including phenoxy) is 1. The van der Waals surface area contributed by atoms with Crippen LogP contribution in [0, 0.1) is 11.7 Å². The maximum Gasteiger partial charge on any atom is 0.165 e. The fourth-order valence-electron chi connectivity index (χ4n) is 2.13. The zero-order valence-electron chi connectivity index (χ0n) is 10.1. The molecule has 2 rings (SSSR count). The van der Waals surface area contributed by atoms with Gasteiger partial charge in [-0.1, -0.05) is 6.07 Å². The first-order chi connectivity index (χ1) is 8.29. The van der Waals surface area contributed by atoms with E-state index in [4.69, 9.17) is 4.74 Å². The lowest BCUT2D eigenvalue weighted by Gasteiger charge is -2.10. The number of hydrogen-bond acceptors (Lipinski definition) is 3. The second kappa shape index (κ2) is 5.98. The second-order valence-corrected chi connectivity index (χ2v) is 4.46. The summed E-state index contributed by atoms with van der Waals surface area (Å²) in [7, 11) is 1.48. The summed E-state index contributed by atoms with van der Waals surface area (Å²) in [4.78, 5) is 0. The number of hydrogen-bond donors (Lipinski definition) is 2. The van der Waals surface area contributed by atoms with Crippen LogP contribution >= 0.6 is 0 Å². The molecule has 1 aliphatic heterocycles. The summed E-state index contributed by atoms with van der Waals surface area (Å²) in [5, 5.41) is 6.69. The second-order valence-electron chi connectivity index (χ2n) is 4.46. The SMILES string of the molecule is COc1ccc(CNCC2CCNC2)cc1F. The highest BCUT2D eigenvalue weighted by Crippen LogP contribution is 2.17. The van der Waals surface area contributed by atoms with E-state index in [0.717, 1.165) is 25.2 Å². The minimum absolute atomic E-state index is 0.297. The van der Waals surface area contributed by atoms with Gasteiger partial charge in [0.1, 0.15) is 0 Å². The van der Waals surface area contributed by atoms with E-state index >= 15 is 0 Å². The molecule has 0 aliphatic carbocycles. The monoisotopic (exact) mass is 238 g/mol. The van der Waals surface area contributed by atoms with Crippen LogP contribution in [-0.2, 0) is 6.54 Å². The number of rotatable bonds is 5. The molecule has 0 aromatic heterocycles. The third-order valence-electron chi connectivity index (χ3n) is 3.14. The van der Waals surface area contributed by atoms with Crippen molar-refractivity contribution in [1.82, 2.24) is 10.6 Å². The van der Waals surface area contributed by atoms with Gasteiger partial charge in [-0.15, -0.1) is 0 Å². The summed E-state index contributed by atoms with van der Waals surface area (Å²) >= 11 is 0. The summed E-state index contributed by atoms with van der Waals surface area (Å²) in [5.41, 5.74) is 0.953. The molecular formula is C13H19FN2O. The molecule has 1 aliphatic rings. The van der Waals surface area contributed by atoms with E-state index in [-0.39, 0.29) is 5.82 Å². The van der Waals surface area contributed by atoms with E-state index < -0.39 is 0 Å². The average Bonchev–Trinajstić information content (AvgIpc) is 2.82.